The maximum absolute atomic E-state index is 13.0. The molecule has 4 aliphatic rings. The number of nitrogens with two attached hydrogens (primary N) is 3. The summed E-state index contributed by atoms with van der Waals surface area (Å²) in [5.41, 5.74) is 19.8. The lowest BCUT2D eigenvalue weighted by Gasteiger charge is -2.58. The Morgan fingerprint density at radius 2 is 1.43 bits per heavy atom. The molecule has 51 heavy (non-hydrogen) atoms. The smallest absolute Gasteiger partial charge is 0.407 e. The number of amides is 1. The van der Waals surface area contributed by atoms with Gasteiger partial charge in [-0.15, -0.1) is 0 Å². The first-order valence-electron chi connectivity index (χ1n) is 21.7. The summed E-state index contributed by atoms with van der Waals surface area (Å²) in [7, 11) is 0. The van der Waals surface area contributed by atoms with Crippen molar-refractivity contribution < 1.29 is 9.53 Å². The molecule has 296 valence electrons. The van der Waals surface area contributed by atoms with Crippen LogP contribution in [0.5, 0.6) is 0 Å². The standard InChI is InChI=1S/C43H82N6O2/c1-33(2)12-6-13-34(3)38-16-17-39-37-15-14-35-32-36(18-20-42(35,4)40(37)19-21-43(38,39)5)51-41(50)47-25-10-29-49(28-9-24-46)31-11-30-48(26-7-22-44)27-8-23-45/h14,33-34,36-40H,6-13,15-32,44-46H2,1-5H3,(H,47,50). The average Bonchev–Trinajstić information content (AvgIpc) is 3.46. The van der Waals surface area contributed by atoms with Crippen molar-refractivity contribution >= 4 is 6.09 Å². The van der Waals surface area contributed by atoms with E-state index >= 15 is 0 Å². The molecule has 3 saturated carbocycles. The SMILES string of the molecule is CC(C)CCCC(C)C1CCC2C3CC=C4CC(OC(=O)NCCCN(CCCN)CCCN(CCCN)CCCN)CCC4(C)C3CCC12C. The predicted molar refractivity (Wildman–Crippen MR) is 214 cm³/mol. The topological polar surface area (TPSA) is 123 Å². The molecular weight excluding hydrogens is 633 g/mol. The fourth-order valence-corrected chi connectivity index (χ4v) is 11.6. The van der Waals surface area contributed by atoms with Gasteiger partial charge in [0.05, 0.1) is 0 Å². The average molecular weight is 715 g/mol. The Kier molecular flexibility index (Phi) is 17.6. The largest absolute Gasteiger partial charge is 0.446 e. The van der Waals surface area contributed by atoms with Crippen LogP contribution in [0.1, 0.15) is 137 Å². The summed E-state index contributed by atoms with van der Waals surface area (Å²) in [5.74, 6) is 5.09. The number of nitrogens with one attached hydrogen (secondary N) is 1. The van der Waals surface area contributed by atoms with Crippen molar-refractivity contribution in [3.05, 3.63) is 11.6 Å². The van der Waals surface area contributed by atoms with Gasteiger partial charge < -0.3 is 37.1 Å². The maximum Gasteiger partial charge on any atom is 0.407 e. The van der Waals surface area contributed by atoms with Crippen molar-refractivity contribution in [2.24, 2.45) is 63.5 Å². The summed E-state index contributed by atoms with van der Waals surface area (Å²) in [4.78, 5) is 18.0. The molecule has 0 aromatic carbocycles. The van der Waals surface area contributed by atoms with Gasteiger partial charge >= 0.3 is 6.09 Å². The molecule has 0 aromatic rings. The van der Waals surface area contributed by atoms with Gasteiger partial charge in [0.15, 0.2) is 0 Å². The second-order valence-electron chi connectivity index (χ2n) is 18.3. The fourth-order valence-electron chi connectivity index (χ4n) is 11.6. The maximum atomic E-state index is 13.0. The summed E-state index contributed by atoms with van der Waals surface area (Å²) in [6.07, 6.45) is 21.6. The second-order valence-corrected chi connectivity index (χ2v) is 18.3. The molecule has 8 nitrogen and oxygen atoms in total. The summed E-state index contributed by atoms with van der Waals surface area (Å²) < 4.78 is 6.08. The number of alkyl carbamates (subject to hydrolysis) is 1. The molecule has 8 unspecified atom stereocenters. The molecule has 0 aliphatic heterocycles. The number of rotatable bonds is 23. The lowest BCUT2D eigenvalue weighted by Crippen LogP contribution is -2.51. The Balaban J connectivity index is 1.20. The lowest BCUT2D eigenvalue weighted by molar-refractivity contribution is -0.0581. The van der Waals surface area contributed by atoms with Crippen LogP contribution >= 0.6 is 0 Å². The number of carbonyl (C=O) groups is 1. The number of carbonyl (C=O) groups excluding carboxylic acids is 1. The molecule has 4 rings (SSSR count). The van der Waals surface area contributed by atoms with Crippen molar-refractivity contribution in [1.82, 2.24) is 15.1 Å². The normalized spacial score (nSPS) is 31.0. The third-order valence-electron chi connectivity index (χ3n) is 14.4. The van der Waals surface area contributed by atoms with Crippen molar-refractivity contribution in [2.45, 2.75) is 143 Å². The highest BCUT2D eigenvalue weighted by molar-refractivity contribution is 5.67. The summed E-state index contributed by atoms with van der Waals surface area (Å²) in [6, 6.07) is 0. The molecular formula is C43H82N6O2. The minimum Gasteiger partial charge on any atom is -0.446 e. The molecule has 0 saturated heterocycles. The highest BCUT2D eigenvalue weighted by Gasteiger charge is 2.59. The molecule has 0 heterocycles. The zero-order valence-electron chi connectivity index (χ0n) is 33.9. The number of allylic oxidation sites excluding steroid dienone is 1. The number of ether oxygens (including phenoxy) is 1. The minimum absolute atomic E-state index is 0.000166. The monoisotopic (exact) mass is 715 g/mol. The minimum atomic E-state index is -0.241. The predicted octanol–water partition coefficient (Wildman–Crippen LogP) is 7.55. The first kappa shape index (κ1) is 42.6. The van der Waals surface area contributed by atoms with Crippen molar-refractivity contribution in [1.29, 1.82) is 0 Å². The van der Waals surface area contributed by atoms with Gasteiger partial charge in [-0.3, -0.25) is 0 Å². The molecule has 0 bridgehead atoms. The Morgan fingerprint density at radius 1 is 0.804 bits per heavy atom. The van der Waals surface area contributed by atoms with Gasteiger partial charge in [-0.1, -0.05) is 65.5 Å². The van der Waals surface area contributed by atoms with Crippen LogP contribution in [0, 0.1) is 46.3 Å². The van der Waals surface area contributed by atoms with E-state index < -0.39 is 0 Å². The quantitative estimate of drug-likeness (QED) is 0.0637. The van der Waals surface area contributed by atoms with E-state index in [9.17, 15) is 4.79 Å². The van der Waals surface area contributed by atoms with E-state index in [0.29, 0.717) is 18.5 Å². The number of hydrogen-bond acceptors (Lipinski definition) is 7. The Labute approximate surface area is 314 Å². The van der Waals surface area contributed by atoms with Crippen LogP contribution in [0.4, 0.5) is 4.79 Å². The van der Waals surface area contributed by atoms with Crippen molar-refractivity contribution in [3.63, 3.8) is 0 Å². The Bertz CT molecular complexity index is 1050. The highest BCUT2D eigenvalue weighted by Crippen LogP contribution is 2.67. The van der Waals surface area contributed by atoms with Crippen LogP contribution in [0.15, 0.2) is 11.6 Å². The number of hydrogen-bond donors (Lipinski definition) is 4. The molecule has 1 amide bonds. The van der Waals surface area contributed by atoms with Crippen LogP contribution in [0.2, 0.25) is 0 Å². The molecule has 4 aliphatic carbocycles. The third kappa shape index (κ3) is 11.7. The first-order chi connectivity index (χ1) is 24.5. The van der Waals surface area contributed by atoms with Crippen LogP contribution in [-0.2, 0) is 4.74 Å². The second kappa shape index (κ2) is 21.0. The van der Waals surface area contributed by atoms with Gasteiger partial charge in [0.1, 0.15) is 6.10 Å². The van der Waals surface area contributed by atoms with Crippen LogP contribution in [0.3, 0.4) is 0 Å². The molecule has 0 aromatic heterocycles. The molecule has 0 radical (unpaired) electrons. The van der Waals surface area contributed by atoms with E-state index in [1.807, 2.05) is 0 Å². The first-order valence-corrected chi connectivity index (χ1v) is 21.7. The van der Waals surface area contributed by atoms with Gasteiger partial charge in [0, 0.05) is 13.0 Å². The van der Waals surface area contributed by atoms with Crippen molar-refractivity contribution in [3.8, 4) is 0 Å². The fraction of sp³-hybridized carbons (Fsp3) is 0.930. The van der Waals surface area contributed by atoms with E-state index in [4.69, 9.17) is 21.9 Å². The summed E-state index contributed by atoms with van der Waals surface area (Å²) in [6.45, 7) is 21.6. The van der Waals surface area contributed by atoms with Gasteiger partial charge in [0.25, 0.3) is 0 Å². The Morgan fingerprint density at radius 3 is 2.06 bits per heavy atom. The lowest BCUT2D eigenvalue weighted by atomic mass is 9.47. The summed E-state index contributed by atoms with van der Waals surface area (Å²) in [5, 5.41) is 3.09. The van der Waals surface area contributed by atoms with E-state index in [-0.39, 0.29) is 17.6 Å². The zero-order valence-corrected chi connectivity index (χ0v) is 33.9. The summed E-state index contributed by atoms with van der Waals surface area (Å²) >= 11 is 0. The van der Waals surface area contributed by atoms with E-state index in [0.717, 1.165) is 139 Å². The molecule has 7 N–H and O–H groups in total. The van der Waals surface area contributed by atoms with Gasteiger partial charge in [-0.05, 0) is 182 Å². The number of fused-ring (bicyclic) bond motifs is 5. The van der Waals surface area contributed by atoms with Crippen LogP contribution in [0.25, 0.3) is 0 Å². The highest BCUT2D eigenvalue weighted by atomic mass is 16.6. The van der Waals surface area contributed by atoms with Crippen molar-refractivity contribution in [2.75, 3.05) is 65.4 Å². The van der Waals surface area contributed by atoms with Gasteiger partial charge in [-0.2, -0.15) is 0 Å². The van der Waals surface area contributed by atoms with E-state index in [2.05, 4.69) is 55.8 Å². The molecule has 8 atom stereocenters. The number of nitrogens with zero attached hydrogens (tertiary/aromatic N) is 2. The van der Waals surface area contributed by atoms with Gasteiger partial charge in [-0.25, -0.2) is 4.79 Å². The van der Waals surface area contributed by atoms with E-state index in [1.165, 1.54) is 51.4 Å². The molecule has 0 spiro atoms. The molecule has 8 heteroatoms. The van der Waals surface area contributed by atoms with Crippen LogP contribution in [-0.4, -0.2) is 87.4 Å². The van der Waals surface area contributed by atoms with E-state index in [1.54, 1.807) is 5.57 Å². The Hall–Kier alpha value is -1.19. The third-order valence-corrected chi connectivity index (χ3v) is 14.4. The molecule has 3 fully saturated rings. The van der Waals surface area contributed by atoms with Gasteiger partial charge in [0.2, 0.25) is 0 Å². The zero-order chi connectivity index (χ0) is 36.9. The van der Waals surface area contributed by atoms with Crippen LogP contribution < -0.4 is 22.5 Å².